The van der Waals surface area contributed by atoms with Gasteiger partial charge in [0.1, 0.15) is 5.01 Å². The van der Waals surface area contributed by atoms with Crippen LogP contribution in [0.2, 0.25) is 0 Å². The Morgan fingerprint density at radius 1 is 1.15 bits per heavy atom. The van der Waals surface area contributed by atoms with Crippen molar-refractivity contribution in [1.29, 1.82) is 0 Å². The number of aromatic nitrogens is 1. The Balaban J connectivity index is 2.32. The van der Waals surface area contributed by atoms with Gasteiger partial charge in [-0.25, -0.2) is 4.98 Å². The SMILES string of the molecule is CCCNCc1sc(-c2ccccc2)nc1C(C)(C)C. The van der Waals surface area contributed by atoms with Gasteiger partial charge in [0.2, 0.25) is 0 Å². The summed E-state index contributed by atoms with van der Waals surface area (Å²) in [5.41, 5.74) is 2.53. The van der Waals surface area contributed by atoms with E-state index in [1.165, 1.54) is 16.1 Å². The number of nitrogens with zero attached hydrogens (tertiary/aromatic N) is 1. The second-order valence-corrected chi connectivity index (χ2v) is 7.17. The van der Waals surface area contributed by atoms with Crippen LogP contribution >= 0.6 is 11.3 Å². The zero-order valence-electron chi connectivity index (χ0n) is 12.9. The summed E-state index contributed by atoms with van der Waals surface area (Å²) in [6.07, 6.45) is 1.16. The summed E-state index contributed by atoms with van der Waals surface area (Å²) in [4.78, 5) is 6.27. The first-order valence-electron chi connectivity index (χ1n) is 7.28. The summed E-state index contributed by atoms with van der Waals surface area (Å²) in [5.74, 6) is 0. The van der Waals surface area contributed by atoms with Gasteiger partial charge >= 0.3 is 0 Å². The summed E-state index contributed by atoms with van der Waals surface area (Å²) in [6, 6.07) is 10.5. The first-order chi connectivity index (χ1) is 9.52. The normalized spacial score (nSPS) is 11.8. The van der Waals surface area contributed by atoms with Crippen LogP contribution in [0.25, 0.3) is 10.6 Å². The van der Waals surface area contributed by atoms with Gasteiger partial charge in [-0.2, -0.15) is 0 Å². The van der Waals surface area contributed by atoms with Crippen LogP contribution in [0.5, 0.6) is 0 Å². The van der Waals surface area contributed by atoms with Gasteiger partial charge < -0.3 is 5.32 Å². The van der Waals surface area contributed by atoms with E-state index in [0.717, 1.165) is 24.5 Å². The van der Waals surface area contributed by atoms with Crippen molar-refractivity contribution < 1.29 is 0 Å². The fourth-order valence-corrected chi connectivity index (χ4v) is 3.39. The fraction of sp³-hybridized carbons (Fsp3) is 0.471. The second kappa shape index (κ2) is 6.51. The van der Waals surface area contributed by atoms with E-state index >= 15 is 0 Å². The highest BCUT2D eigenvalue weighted by atomic mass is 32.1. The molecule has 0 spiro atoms. The molecule has 3 heteroatoms. The number of thiazole rings is 1. The molecule has 0 unspecified atom stereocenters. The topological polar surface area (TPSA) is 24.9 Å². The van der Waals surface area contributed by atoms with Gasteiger partial charge in [0, 0.05) is 22.4 Å². The van der Waals surface area contributed by atoms with Crippen LogP contribution in [-0.4, -0.2) is 11.5 Å². The van der Waals surface area contributed by atoms with Gasteiger partial charge in [-0.05, 0) is 13.0 Å². The largest absolute Gasteiger partial charge is 0.312 e. The lowest BCUT2D eigenvalue weighted by molar-refractivity contribution is 0.559. The van der Waals surface area contributed by atoms with E-state index in [1.807, 2.05) is 17.4 Å². The lowest BCUT2D eigenvalue weighted by Gasteiger charge is -2.17. The van der Waals surface area contributed by atoms with Crippen molar-refractivity contribution in [1.82, 2.24) is 10.3 Å². The third kappa shape index (κ3) is 3.68. The summed E-state index contributed by atoms with van der Waals surface area (Å²) in [5, 5.41) is 4.63. The number of hydrogen-bond donors (Lipinski definition) is 1. The molecule has 2 aromatic rings. The van der Waals surface area contributed by atoms with Gasteiger partial charge in [0.25, 0.3) is 0 Å². The molecule has 1 heterocycles. The molecule has 0 saturated carbocycles. The average Bonchev–Trinajstić information content (AvgIpc) is 2.84. The molecule has 20 heavy (non-hydrogen) atoms. The van der Waals surface area contributed by atoms with Crippen LogP contribution < -0.4 is 5.32 Å². The molecule has 0 aliphatic heterocycles. The third-order valence-electron chi connectivity index (χ3n) is 3.14. The molecule has 1 aromatic heterocycles. The maximum absolute atomic E-state index is 4.91. The van der Waals surface area contributed by atoms with Crippen LogP contribution in [0.1, 0.15) is 44.7 Å². The Morgan fingerprint density at radius 2 is 1.85 bits per heavy atom. The van der Waals surface area contributed by atoms with Crippen molar-refractivity contribution in [3.8, 4) is 10.6 Å². The van der Waals surface area contributed by atoms with Gasteiger partial charge in [0.15, 0.2) is 0 Å². The van der Waals surface area contributed by atoms with Crippen molar-refractivity contribution in [2.24, 2.45) is 0 Å². The number of rotatable bonds is 5. The van der Waals surface area contributed by atoms with Gasteiger partial charge in [-0.1, -0.05) is 58.0 Å². The molecule has 0 saturated heterocycles. The fourth-order valence-electron chi connectivity index (χ4n) is 2.14. The highest BCUT2D eigenvalue weighted by molar-refractivity contribution is 7.15. The minimum absolute atomic E-state index is 0.0900. The summed E-state index contributed by atoms with van der Waals surface area (Å²) in [7, 11) is 0. The molecule has 0 aliphatic carbocycles. The van der Waals surface area contributed by atoms with Crippen LogP contribution in [0.15, 0.2) is 30.3 Å². The molecular formula is C17H24N2S. The smallest absolute Gasteiger partial charge is 0.123 e. The van der Waals surface area contributed by atoms with Gasteiger partial charge in [0.05, 0.1) is 5.69 Å². The predicted molar refractivity (Wildman–Crippen MR) is 88.2 cm³/mol. The average molecular weight is 288 g/mol. The lowest BCUT2D eigenvalue weighted by Crippen LogP contribution is -2.19. The van der Waals surface area contributed by atoms with Crippen molar-refractivity contribution in [2.45, 2.75) is 46.1 Å². The summed E-state index contributed by atoms with van der Waals surface area (Å²) >= 11 is 1.82. The van der Waals surface area contributed by atoms with E-state index in [2.05, 4.69) is 57.3 Å². The Kier molecular flexibility index (Phi) is 4.95. The highest BCUT2D eigenvalue weighted by Crippen LogP contribution is 2.34. The Bertz CT molecular complexity index is 538. The summed E-state index contributed by atoms with van der Waals surface area (Å²) < 4.78 is 0. The molecule has 0 bridgehead atoms. The second-order valence-electron chi connectivity index (χ2n) is 6.08. The van der Waals surface area contributed by atoms with Crippen LogP contribution in [-0.2, 0) is 12.0 Å². The molecule has 0 fully saturated rings. The maximum Gasteiger partial charge on any atom is 0.123 e. The molecule has 0 atom stereocenters. The predicted octanol–water partition coefficient (Wildman–Crippen LogP) is 4.61. The lowest BCUT2D eigenvalue weighted by atomic mass is 9.91. The minimum Gasteiger partial charge on any atom is -0.312 e. The van der Waals surface area contributed by atoms with Gasteiger partial charge in [-0.15, -0.1) is 11.3 Å². The van der Waals surface area contributed by atoms with E-state index in [4.69, 9.17) is 4.98 Å². The Labute approximate surface area is 126 Å². The van der Waals surface area contributed by atoms with E-state index < -0.39 is 0 Å². The molecule has 0 radical (unpaired) electrons. The third-order valence-corrected chi connectivity index (χ3v) is 4.25. The van der Waals surface area contributed by atoms with Crippen LogP contribution in [0.3, 0.4) is 0 Å². The molecule has 0 aliphatic rings. The van der Waals surface area contributed by atoms with E-state index in [0.29, 0.717) is 0 Å². The van der Waals surface area contributed by atoms with Crippen molar-refractivity contribution in [3.63, 3.8) is 0 Å². The van der Waals surface area contributed by atoms with E-state index in [9.17, 15) is 0 Å². The molecule has 1 aromatic carbocycles. The zero-order valence-corrected chi connectivity index (χ0v) is 13.7. The number of benzene rings is 1. The van der Waals surface area contributed by atoms with Crippen molar-refractivity contribution in [2.75, 3.05) is 6.54 Å². The zero-order chi connectivity index (χ0) is 14.6. The quantitative estimate of drug-likeness (QED) is 0.813. The van der Waals surface area contributed by atoms with E-state index in [-0.39, 0.29) is 5.41 Å². The van der Waals surface area contributed by atoms with Crippen molar-refractivity contribution >= 4 is 11.3 Å². The molecule has 2 nitrogen and oxygen atoms in total. The highest BCUT2D eigenvalue weighted by Gasteiger charge is 2.23. The maximum atomic E-state index is 4.91. The standard InChI is InChI=1S/C17H24N2S/c1-5-11-18-12-14-15(17(2,3)4)19-16(20-14)13-9-7-6-8-10-13/h6-10,18H,5,11-12H2,1-4H3. The minimum atomic E-state index is 0.0900. The Morgan fingerprint density at radius 3 is 2.45 bits per heavy atom. The van der Waals surface area contributed by atoms with E-state index in [1.54, 1.807) is 0 Å². The molecule has 0 amide bonds. The molecule has 108 valence electrons. The Hall–Kier alpha value is -1.19. The van der Waals surface area contributed by atoms with Crippen LogP contribution in [0.4, 0.5) is 0 Å². The number of hydrogen-bond acceptors (Lipinski definition) is 3. The van der Waals surface area contributed by atoms with Gasteiger partial charge in [-0.3, -0.25) is 0 Å². The summed E-state index contributed by atoms with van der Waals surface area (Å²) in [6.45, 7) is 10.9. The van der Waals surface area contributed by atoms with Crippen molar-refractivity contribution in [3.05, 3.63) is 40.9 Å². The first-order valence-corrected chi connectivity index (χ1v) is 8.10. The van der Waals surface area contributed by atoms with Crippen LogP contribution in [0, 0.1) is 0 Å². The number of nitrogens with one attached hydrogen (secondary N) is 1. The first kappa shape index (κ1) is 15.2. The monoisotopic (exact) mass is 288 g/mol. The molecule has 2 rings (SSSR count). The molecular weight excluding hydrogens is 264 g/mol. The molecule has 1 N–H and O–H groups in total.